The van der Waals surface area contributed by atoms with Crippen LogP contribution in [0, 0.1) is 18.6 Å². The van der Waals surface area contributed by atoms with Gasteiger partial charge in [0.25, 0.3) is 0 Å². The van der Waals surface area contributed by atoms with Crippen molar-refractivity contribution in [2.24, 2.45) is 0 Å². The molecule has 0 amide bonds. The largest absolute Gasteiger partial charge is 0.335 e. The van der Waals surface area contributed by atoms with Crippen LogP contribution in [0.3, 0.4) is 0 Å². The standard InChI is InChI=1S/C15H16F2N2O/c1-3-5-19-6-4-18-15(19)9-14(20)11-7-10(2)12(16)8-13(11)17/h4,6-8H,3,5,9H2,1-2H3. The van der Waals surface area contributed by atoms with Crippen LogP contribution in [0.1, 0.15) is 35.1 Å². The molecular formula is C15H16F2N2O. The van der Waals surface area contributed by atoms with Gasteiger partial charge in [-0.3, -0.25) is 4.79 Å². The molecule has 2 rings (SSSR count). The van der Waals surface area contributed by atoms with Crippen molar-refractivity contribution in [2.75, 3.05) is 0 Å². The fraction of sp³-hybridized carbons (Fsp3) is 0.333. The summed E-state index contributed by atoms with van der Waals surface area (Å²) in [6.45, 7) is 4.28. The van der Waals surface area contributed by atoms with Crippen LogP contribution in [0.25, 0.3) is 0 Å². The van der Waals surface area contributed by atoms with E-state index in [0.717, 1.165) is 19.0 Å². The summed E-state index contributed by atoms with van der Waals surface area (Å²) < 4.78 is 28.7. The summed E-state index contributed by atoms with van der Waals surface area (Å²) in [5, 5.41) is 0. The molecule has 20 heavy (non-hydrogen) atoms. The fourth-order valence-electron chi connectivity index (χ4n) is 2.06. The molecule has 1 aromatic heterocycles. The summed E-state index contributed by atoms with van der Waals surface area (Å²) in [7, 11) is 0. The van der Waals surface area contributed by atoms with Gasteiger partial charge < -0.3 is 4.57 Å². The number of halogens is 2. The van der Waals surface area contributed by atoms with Gasteiger partial charge in [-0.15, -0.1) is 0 Å². The van der Waals surface area contributed by atoms with Crippen molar-refractivity contribution < 1.29 is 13.6 Å². The van der Waals surface area contributed by atoms with Crippen LogP contribution in [0.15, 0.2) is 24.5 Å². The van der Waals surface area contributed by atoms with E-state index >= 15 is 0 Å². The van der Waals surface area contributed by atoms with Crippen LogP contribution >= 0.6 is 0 Å². The van der Waals surface area contributed by atoms with Gasteiger partial charge in [0.1, 0.15) is 17.5 Å². The van der Waals surface area contributed by atoms with E-state index in [4.69, 9.17) is 0 Å². The zero-order chi connectivity index (χ0) is 14.7. The first kappa shape index (κ1) is 14.4. The molecule has 0 fully saturated rings. The molecule has 1 aromatic carbocycles. The number of rotatable bonds is 5. The van der Waals surface area contributed by atoms with Crippen LogP contribution in [-0.4, -0.2) is 15.3 Å². The Hall–Kier alpha value is -2.04. The highest BCUT2D eigenvalue weighted by atomic mass is 19.1. The number of hydrogen-bond acceptors (Lipinski definition) is 2. The minimum atomic E-state index is -0.827. The number of ketones is 1. The summed E-state index contributed by atoms with van der Waals surface area (Å²) in [6, 6.07) is 2.00. The van der Waals surface area contributed by atoms with Gasteiger partial charge in [0.2, 0.25) is 0 Å². The minimum Gasteiger partial charge on any atom is -0.335 e. The van der Waals surface area contributed by atoms with Crippen LogP contribution < -0.4 is 0 Å². The van der Waals surface area contributed by atoms with E-state index in [2.05, 4.69) is 4.98 Å². The lowest BCUT2D eigenvalue weighted by Crippen LogP contribution is -2.12. The lowest BCUT2D eigenvalue weighted by molar-refractivity contribution is 0.0985. The molecule has 0 spiro atoms. The third-order valence-corrected chi connectivity index (χ3v) is 3.13. The van der Waals surface area contributed by atoms with E-state index in [0.29, 0.717) is 5.82 Å². The monoisotopic (exact) mass is 278 g/mol. The van der Waals surface area contributed by atoms with Crippen molar-refractivity contribution in [1.29, 1.82) is 0 Å². The Bertz CT molecular complexity index is 635. The normalized spacial score (nSPS) is 10.8. The number of carbonyl (C=O) groups excluding carboxylic acids is 1. The average Bonchev–Trinajstić information content (AvgIpc) is 2.81. The van der Waals surface area contributed by atoms with Gasteiger partial charge in [-0.1, -0.05) is 6.92 Å². The molecule has 1 heterocycles. The highest BCUT2D eigenvalue weighted by Gasteiger charge is 2.17. The molecule has 0 atom stereocenters. The second-order valence-corrected chi connectivity index (χ2v) is 4.72. The van der Waals surface area contributed by atoms with Gasteiger partial charge in [0.05, 0.1) is 12.0 Å². The van der Waals surface area contributed by atoms with Gasteiger partial charge in [0, 0.05) is 25.0 Å². The molecule has 0 saturated carbocycles. The Balaban J connectivity index is 2.24. The average molecular weight is 278 g/mol. The van der Waals surface area contributed by atoms with E-state index < -0.39 is 17.4 Å². The molecule has 106 valence electrons. The van der Waals surface area contributed by atoms with Crippen molar-refractivity contribution in [3.63, 3.8) is 0 Å². The van der Waals surface area contributed by atoms with Gasteiger partial charge in [0.15, 0.2) is 5.78 Å². The Morgan fingerprint density at radius 1 is 1.30 bits per heavy atom. The first-order valence-corrected chi connectivity index (χ1v) is 6.51. The number of aryl methyl sites for hydroxylation is 2. The maximum atomic E-state index is 13.7. The summed E-state index contributed by atoms with van der Waals surface area (Å²) in [4.78, 5) is 16.3. The van der Waals surface area contributed by atoms with Crippen molar-refractivity contribution in [3.05, 3.63) is 53.1 Å². The Morgan fingerprint density at radius 3 is 2.75 bits per heavy atom. The number of imidazole rings is 1. The second-order valence-electron chi connectivity index (χ2n) is 4.72. The van der Waals surface area contributed by atoms with Gasteiger partial charge in [-0.05, 0) is 25.0 Å². The highest BCUT2D eigenvalue weighted by Crippen LogP contribution is 2.16. The molecule has 0 saturated heterocycles. The molecule has 5 heteroatoms. The SMILES string of the molecule is CCCn1ccnc1CC(=O)c1cc(C)c(F)cc1F. The smallest absolute Gasteiger partial charge is 0.173 e. The van der Waals surface area contributed by atoms with Gasteiger partial charge >= 0.3 is 0 Å². The first-order chi connectivity index (χ1) is 9.52. The number of hydrogen-bond donors (Lipinski definition) is 0. The third-order valence-electron chi connectivity index (χ3n) is 3.13. The van der Waals surface area contributed by atoms with E-state index in [-0.39, 0.29) is 17.5 Å². The van der Waals surface area contributed by atoms with E-state index in [9.17, 15) is 13.6 Å². The highest BCUT2D eigenvalue weighted by molar-refractivity contribution is 5.97. The number of nitrogens with zero attached hydrogens (tertiary/aromatic N) is 2. The Morgan fingerprint density at radius 2 is 2.05 bits per heavy atom. The van der Waals surface area contributed by atoms with Crippen LogP contribution in [0.5, 0.6) is 0 Å². The van der Waals surface area contributed by atoms with Crippen molar-refractivity contribution >= 4 is 5.78 Å². The third kappa shape index (κ3) is 2.92. The number of benzene rings is 1. The molecule has 0 aliphatic carbocycles. The number of Topliss-reactive ketones (excluding diaryl/α,β-unsaturated/α-hetero) is 1. The summed E-state index contributed by atoms with van der Waals surface area (Å²) in [5.41, 5.74) is 0.168. The molecule has 3 nitrogen and oxygen atoms in total. The van der Waals surface area contributed by atoms with E-state index in [1.54, 1.807) is 12.4 Å². The first-order valence-electron chi connectivity index (χ1n) is 6.51. The number of aromatic nitrogens is 2. The van der Waals surface area contributed by atoms with Crippen LogP contribution in [0.2, 0.25) is 0 Å². The van der Waals surface area contributed by atoms with Gasteiger partial charge in [-0.2, -0.15) is 0 Å². The van der Waals surface area contributed by atoms with Crippen molar-refractivity contribution in [3.8, 4) is 0 Å². The molecule has 0 aliphatic rings. The molecule has 0 radical (unpaired) electrons. The summed E-state index contributed by atoms with van der Waals surface area (Å²) >= 11 is 0. The quantitative estimate of drug-likeness (QED) is 0.786. The zero-order valence-electron chi connectivity index (χ0n) is 11.5. The molecular weight excluding hydrogens is 262 g/mol. The lowest BCUT2D eigenvalue weighted by atomic mass is 10.0. The molecule has 2 aromatic rings. The zero-order valence-corrected chi connectivity index (χ0v) is 11.5. The predicted molar refractivity (Wildman–Crippen MR) is 71.6 cm³/mol. The predicted octanol–water partition coefficient (Wildman–Crippen LogP) is 3.31. The van der Waals surface area contributed by atoms with Crippen molar-refractivity contribution in [2.45, 2.75) is 33.2 Å². The fourth-order valence-corrected chi connectivity index (χ4v) is 2.06. The second kappa shape index (κ2) is 5.94. The topological polar surface area (TPSA) is 34.9 Å². The van der Waals surface area contributed by atoms with E-state index in [1.807, 2.05) is 11.5 Å². The maximum Gasteiger partial charge on any atom is 0.173 e. The van der Waals surface area contributed by atoms with E-state index in [1.165, 1.54) is 13.0 Å². The van der Waals surface area contributed by atoms with Crippen LogP contribution in [0.4, 0.5) is 8.78 Å². The lowest BCUT2D eigenvalue weighted by Gasteiger charge is -2.07. The Kier molecular flexibility index (Phi) is 4.27. The molecule has 0 bridgehead atoms. The summed E-state index contributed by atoms with van der Waals surface area (Å²) in [6.07, 6.45) is 4.33. The van der Waals surface area contributed by atoms with Gasteiger partial charge in [-0.25, -0.2) is 13.8 Å². The van der Waals surface area contributed by atoms with Crippen molar-refractivity contribution in [1.82, 2.24) is 9.55 Å². The Labute approximate surface area is 116 Å². The summed E-state index contributed by atoms with van der Waals surface area (Å²) in [5.74, 6) is -1.27. The molecule has 0 N–H and O–H groups in total. The van der Waals surface area contributed by atoms with Crippen LogP contribution in [-0.2, 0) is 13.0 Å². The molecule has 0 aliphatic heterocycles. The number of carbonyl (C=O) groups is 1. The molecule has 0 unspecified atom stereocenters. The maximum absolute atomic E-state index is 13.7. The minimum absolute atomic E-state index is 0.00892.